The van der Waals surface area contributed by atoms with Gasteiger partial charge in [0.15, 0.2) is 11.1 Å². The van der Waals surface area contributed by atoms with Gasteiger partial charge in [-0.2, -0.15) is 0 Å². The number of nitro groups is 1. The number of anilines is 1. The molecule has 1 heterocycles. The number of rotatable bonds is 6. The van der Waals surface area contributed by atoms with Crippen molar-refractivity contribution in [2.45, 2.75) is 13.1 Å². The molecule has 0 aliphatic carbocycles. The standard InChI is InChI=1S/C15H20N6O2S.HI/c1-16-14(18-9-12-10-24-15(19-12)20(2)3)17-8-11-5-4-6-13(7-11)21(22)23;/h4-7,10H,8-9H2,1-3H3,(H2,16,17,18);1H. The van der Waals surface area contributed by atoms with Crippen LogP contribution in [-0.2, 0) is 13.1 Å². The van der Waals surface area contributed by atoms with E-state index in [-0.39, 0.29) is 29.7 Å². The highest BCUT2D eigenvalue weighted by molar-refractivity contribution is 14.0. The molecule has 8 nitrogen and oxygen atoms in total. The first-order chi connectivity index (χ1) is 11.5. The normalized spacial score (nSPS) is 10.8. The number of non-ortho nitro benzene ring substituents is 1. The van der Waals surface area contributed by atoms with Crippen LogP contribution in [-0.4, -0.2) is 37.0 Å². The second-order valence-electron chi connectivity index (χ2n) is 5.22. The number of hydrogen-bond donors (Lipinski definition) is 2. The monoisotopic (exact) mass is 476 g/mol. The molecule has 1 aromatic heterocycles. The van der Waals surface area contributed by atoms with Gasteiger partial charge in [-0.25, -0.2) is 4.98 Å². The van der Waals surface area contributed by atoms with Gasteiger partial charge in [0.2, 0.25) is 0 Å². The zero-order valence-electron chi connectivity index (χ0n) is 14.2. The Balaban J connectivity index is 0.00000312. The van der Waals surface area contributed by atoms with Gasteiger partial charge >= 0.3 is 0 Å². The predicted molar refractivity (Wildman–Crippen MR) is 112 cm³/mol. The van der Waals surface area contributed by atoms with E-state index in [4.69, 9.17) is 0 Å². The largest absolute Gasteiger partial charge is 0.354 e. The lowest BCUT2D eigenvalue weighted by Gasteiger charge is -2.11. The number of nitrogens with zero attached hydrogens (tertiary/aromatic N) is 4. The van der Waals surface area contributed by atoms with Gasteiger partial charge < -0.3 is 15.5 Å². The Labute approximate surface area is 167 Å². The Morgan fingerprint density at radius 2 is 2.08 bits per heavy atom. The highest BCUT2D eigenvalue weighted by Crippen LogP contribution is 2.17. The van der Waals surface area contributed by atoms with E-state index in [0.29, 0.717) is 19.0 Å². The quantitative estimate of drug-likeness (QED) is 0.219. The molecule has 0 saturated carbocycles. The number of thiazole rings is 1. The van der Waals surface area contributed by atoms with Gasteiger partial charge in [0.25, 0.3) is 5.69 Å². The van der Waals surface area contributed by atoms with Crippen LogP contribution in [0.5, 0.6) is 0 Å². The van der Waals surface area contributed by atoms with Crippen molar-refractivity contribution in [1.82, 2.24) is 15.6 Å². The van der Waals surface area contributed by atoms with Crippen LogP contribution in [0.4, 0.5) is 10.8 Å². The Kier molecular flexibility index (Phi) is 8.55. The number of aromatic nitrogens is 1. The molecule has 2 rings (SSSR count). The third kappa shape index (κ3) is 6.46. The van der Waals surface area contributed by atoms with Gasteiger partial charge in [-0.05, 0) is 5.56 Å². The van der Waals surface area contributed by atoms with Crippen LogP contribution in [0.25, 0.3) is 0 Å². The minimum absolute atomic E-state index is 0. The lowest BCUT2D eigenvalue weighted by molar-refractivity contribution is -0.384. The van der Waals surface area contributed by atoms with Crippen molar-refractivity contribution in [2.75, 3.05) is 26.0 Å². The summed E-state index contributed by atoms with van der Waals surface area (Å²) in [5, 5.41) is 20.1. The molecule has 2 N–H and O–H groups in total. The summed E-state index contributed by atoms with van der Waals surface area (Å²) in [6.07, 6.45) is 0. The molecular formula is C15H21IN6O2S. The molecule has 0 spiro atoms. The number of guanidine groups is 1. The molecule has 1 aromatic carbocycles. The summed E-state index contributed by atoms with van der Waals surface area (Å²) in [5.74, 6) is 0.612. The van der Waals surface area contributed by atoms with Crippen LogP contribution in [0.15, 0.2) is 34.6 Å². The molecule has 2 aromatic rings. The van der Waals surface area contributed by atoms with Crippen molar-refractivity contribution < 1.29 is 4.92 Å². The van der Waals surface area contributed by atoms with Gasteiger partial charge in [-0.3, -0.25) is 15.1 Å². The Morgan fingerprint density at radius 3 is 2.68 bits per heavy atom. The second kappa shape index (κ2) is 10.1. The van der Waals surface area contributed by atoms with Crippen LogP contribution >= 0.6 is 35.3 Å². The Bertz CT molecular complexity index is 734. The number of nitro benzene ring substituents is 1. The summed E-state index contributed by atoms with van der Waals surface area (Å²) in [6, 6.07) is 6.52. The van der Waals surface area contributed by atoms with Gasteiger partial charge in [0.05, 0.1) is 17.2 Å². The minimum Gasteiger partial charge on any atom is -0.354 e. The molecule has 0 saturated heterocycles. The van der Waals surface area contributed by atoms with Crippen molar-refractivity contribution in [3.05, 3.63) is 51.0 Å². The van der Waals surface area contributed by atoms with Gasteiger partial charge in [-0.1, -0.05) is 12.1 Å². The molecule has 0 amide bonds. The summed E-state index contributed by atoms with van der Waals surface area (Å²) in [4.78, 5) is 21.0. The Morgan fingerprint density at radius 1 is 1.36 bits per heavy atom. The maximum absolute atomic E-state index is 10.8. The van der Waals surface area contributed by atoms with Gasteiger partial charge in [-0.15, -0.1) is 35.3 Å². The van der Waals surface area contributed by atoms with Crippen molar-refractivity contribution in [2.24, 2.45) is 4.99 Å². The van der Waals surface area contributed by atoms with Crippen LogP contribution < -0.4 is 15.5 Å². The third-order valence-corrected chi connectivity index (χ3v) is 4.22. The van der Waals surface area contributed by atoms with E-state index in [0.717, 1.165) is 16.4 Å². The fraction of sp³-hybridized carbons (Fsp3) is 0.333. The molecule has 0 radical (unpaired) electrons. The predicted octanol–water partition coefficient (Wildman–Crippen LogP) is 2.60. The average Bonchev–Trinajstić information content (AvgIpc) is 3.04. The molecule has 0 bridgehead atoms. The summed E-state index contributed by atoms with van der Waals surface area (Å²) < 4.78 is 0. The minimum atomic E-state index is -0.402. The molecule has 25 heavy (non-hydrogen) atoms. The number of hydrogen-bond acceptors (Lipinski definition) is 6. The highest BCUT2D eigenvalue weighted by Gasteiger charge is 2.07. The maximum atomic E-state index is 10.8. The van der Waals surface area contributed by atoms with Crippen molar-refractivity contribution in [3.8, 4) is 0 Å². The van der Waals surface area contributed by atoms with E-state index in [1.165, 1.54) is 6.07 Å². The van der Waals surface area contributed by atoms with E-state index < -0.39 is 4.92 Å². The zero-order chi connectivity index (χ0) is 17.5. The maximum Gasteiger partial charge on any atom is 0.269 e. The molecule has 0 aliphatic heterocycles. The van der Waals surface area contributed by atoms with Crippen LogP contribution in [0.2, 0.25) is 0 Å². The van der Waals surface area contributed by atoms with Crippen molar-refractivity contribution in [3.63, 3.8) is 0 Å². The van der Waals surface area contributed by atoms with Crippen LogP contribution in [0, 0.1) is 10.1 Å². The molecular weight excluding hydrogens is 455 g/mol. The van der Waals surface area contributed by atoms with Crippen molar-refractivity contribution >= 4 is 52.1 Å². The molecule has 0 atom stereocenters. The van der Waals surface area contributed by atoms with Gasteiger partial charge in [0.1, 0.15) is 0 Å². The summed E-state index contributed by atoms with van der Waals surface area (Å²) in [7, 11) is 5.58. The summed E-state index contributed by atoms with van der Waals surface area (Å²) in [5.41, 5.74) is 1.83. The average molecular weight is 476 g/mol. The Hall–Kier alpha value is -1.95. The third-order valence-electron chi connectivity index (χ3n) is 3.16. The second-order valence-corrected chi connectivity index (χ2v) is 6.06. The molecule has 10 heteroatoms. The van der Waals surface area contributed by atoms with Crippen molar-refractivity contribution in [1.29, 1.82) is 0 Å². The van der Waals surface area contributed by atoms with Crippen LogP contribution in [0.1, 0.15) is 11.3 Å². The fourth-order valence-corrected chi connectivity index (χ4v) is 2.70. The van der Waals surface area contributed by atoms with E-state index in [1.54, 1.807) is 30.5 Å². The topological polar surface area (TPSA) is 95.7 Å². The summed E-state index contributed by atoms with van der Waals surface area (Å²) >= 11 is 1.58. The molecule has 136 valence electrons. The molecule has 0 aliphatic rings. The van der Waals surface area contributed by atoms with Gasteiger partial charge in [0, 0.05) is 45.2 Å². The molecule has 0 fully saturated rings. The lowest BCUT2D eigenvalue weighted by Crippen LogP contribution is -2.36. The summed E-state index contributed by atoms with van der Waals surface area (Å²) in [6.45, 7) is 1.00. The first-order valence-electron chi connectivity index (χ1n) is 7.29. The first kappa shape index (κ1) is 21.1. The highest BCUT2D eigenvalue weighted by atomic mass is 127. The number of aliphatic imine (C=N–C) groups is 1. The van der Waals surface area contributed by atoms with E-state index in [1.807, 2.05) is 30.4 Å². The lowest BCUT2D eigenvalue weighted by atomic mass is 10.2. The first-order valence-corrected chi connectivity index (χ1v) is 8.17. The fourth-order valence-electron chi connectivity index (χ4n) is 1.94. The van der Waals surface area contributed by atoms with E-state index >= 15 is 0 Å². The smallest absolute Gasteiger partial charge is 0.269 e. The SMILES string of the molecule is CN=C(NCc1cccc([N+](=O)[O-])c1)NCc1csc(N(C)C)n1.I. The zero-order valence-corrected chi connectivity index (χ0v) is 17.4. The number of halogens is 1. The van der Waals surface area contributed by atoms with E-state index in [9.17, 15) is 10.1 Å². The molecule has 0 unspecified atom stereocenters. The number of nitrogens with one attached hydrogen (secondary N) is 2. The van der Waals surface area contributed by atoms with E-state index in [2.05, 4.69) is 20.6 Å². The van der Waals surface area contributed by atoms with Crippen LogP contribution in [0.3, 0.4) is 0 Å². The number of benzene rings is 1.